The Bertz CT molecular complexity index is 834. The normalized spacial score (nSPS) is 11.2. The molecule has 0 nitrogen and oxygen atoms in total. The molecule has 0 heteroatoms. The topological polar surface area (TPSA) is 0 Å². The molecule has 0 atom stereocenters. The highest BCUT2D eigenvalue weighted by molar-refractivity contribution is 6.11. The van der Waals surface area contributed by atoms with E-state index in [2.05, 4.69) is 111 Å². The van der Waals surface area contributed by atoms with Gasteiger partial charge in [-0.15, -0.1) is 0 Å². The summed E-state index contributed by atoms with van der Waals surface area (Å²) >= 11 is 0. The van der Waals surface area contributed by atoms with Crippen LogP contribution in [0.2, 0.25) is 0 Å². The molecule has 0 saturated carbocycles. The van der Waals surface area contributed by atoms with Crippen LogP contribution in [0.1, 0.15) is 30.5 Å². The quantitative estimate of drug-likeness (QED) is 0.370. The lowest BCUT2D eigenvalue weighted by molar-refractivity contribution is 1.39. The van der Waals surface area contributed by atoms with E-state index in [4.69, 9.17) is 0 Å². The zero-order valence-electron chi connectivity index (χ0n) is 14.2. The Morgan fingerprint density at radius 3 is 1.54 bits per heavy atom. The zero-order valence-corrected chi connectivity index (χ0v) is 14.2. The van der Waals surface area contributed by atoms with Crippen molar-refractivity contribution in [2.45, 2.75) is 13.8 Å². The molecule has 0 spiro atoms. The standard InChI is InChI=1S/C24H22/c1-19(2)24(22-16-10-5-11-17-22)23(21-14-8-4-9-15-21)18-20-12-6-3-7-13-20/h3-18H,1-2H3. The van der Waals surface area contributed by atoms with Crippen molar-refractivity contribution in [3.05, 3.63) is 113 Å². The third-order valence-electron chi connectivity index (χ3n) is 4.03. The highest BCUT2D eigenvalue weighted by Crippen LogP contribution is 2.35. The summed E-state index contributed by atoms with van der Waals surface area (Å²) in [5, 5.41) is 0. The molecule has 0 aliphatic carbocycles. The predicted octanol–water partition coefficient (Wildman–Crippen LogP) is 6.72. The molecule has 3 aromatic rings. The molecule has 118 valence electrons. The van der Waals surface area contributed by atoms with Crippen LogP contribution in [0, 0.1) is 0 Å². The van der Waals surface area contributed by atoms with Gasteiger partial charge in [-0.2, -0.15) is 0 Å². The maximum Gasteiger partial charge on any atom is -0.0100 e. The van der Waals surface area contributed by atoms with Crippen molar-refractivity contribution in [1.82, 2.24) is 0 Å². The summed E-state index contributed by atoms with van der Waals surface area (Å²) in [5.41, 5.74) is 7.57. The van der Waals surface area contributed by atoms with Gasteiger partial charge in [0, 0.05) is 0 Å². The van der Waals surface area contributed by atoms with Crippen LogP contribution in [0.3, 0.4) is 0 Å². The zero-order chi connectivity index (χ0) is 16.8. The third kappa shape index (κ3) is 3.72. The maximum atomic E-state index is 2.28. The van der Waals surface area contributed by atoms with Gasteiger partial charge in [0.05, 0.1) is 0 Å². The van der Waals surface area contributed by atoms with E-state index < -0.39 is 0 Å². The summed E-state index contributed by atoms with van der Waals surface area (Å²) in [4.78, 5) is 0. The van der Waals surface area contributed by atoms with Crippen LogP contribution in [-0.4, -0.2) is 0 Å². The average Bonchev–Trinajstić information content (AvgIpc) is 2.63. The third-order valence-corrected chi connectivity index (χ3v) is 4.03. The molecule has 3 aromatic carbocycles. The van der Waals surface area contributed by atoms with Crippen molar-refractivity contribution < 1.29 is 0 Å². The fourth-order valence-electron chi connectivity index (χ4n) is 2.95. The molecule has 0 amide bonds. The Morgan fingerprint density at radius 1 is 0.583 bits per heavy atom. The number of benzene rings is 3. The number of hydrogen-bond acceptors (Lipinski definition) is 0. The van der Waals surface area contributed by atoms with Crippen LogP contribution in [-0.2, 0) is 0 Å². The van der Waals surface area contributed by atoms with Crippen LogP contribution in [0.25, 0.3) is 17.2 Å². The van der Waals surface area contributed by atoms with Crippen molar-refractivity contribution in [3.63, 3.8) is 0 Å². The van der Waals surface area contributed by atoms with Crippen LogP contribution in [0.4, 0.5) is 0 Å². The average molecular weight is 310 g/mol. The van der Waals surface area contributed by atoms with E-state index in [-0.39, 0.29) is 0 Å². The predicted molar refractivity (Wildman–Crippen MR) is 105 cm³/mol. The summed E-state index contributed by atoms with van der Waals surface area (Å²) in [6, 6.07) is 31.8. The van der Waals surface area contributed by atoms with Crippen molar-refractivity contribution in [3.8, 4) is 0 Å². The highest BCUT2D eigenvalue weighted by atomic mass is 14.2. The molecule has 24 heavy (non-hydrogen) atoms. The summed E-state index contributed by atoms with van der Waals surface area (Å²) in [6.45, 7) is 4.37. The van der Waals surface area contributed by atoms with E-state index in [0.29, 0.717) is 0 Å². The van der Waals surface area contributed by atoms with E-state index >= 15 is 0 Å². The SMILES string of the molecule is CC(C)=C(C(=Cc1ccccc1)c1ccccc1)c1ccccc1. The van der Waals surface area contributed by atoms with Gasteiger partial charge in [-0.25, -0.2) is 0 Å². The first-order valence-electron chi connectivity index (χ1n) is 8.31. The van der Waals surface area contributed by atoms with Gasteiger partial charge in [0.25, 0.3) is 0 Å². The minimum absolute atomic E-state index is 1.21. The first-order chi connectivity index (χ1) is 11.8. The summed E-state index contributed by atoms with van der Waals surface area (Å²) < 4.78 is 0. The van der Waals surface area contributed by atoms with Gasteiger partial charge in [0.1, 0.15) is 0 Å². The Balaban J connectivity index is 2.21. The fourth-order valence-corrected chi connectivity index (χ4v) is 2.95. The van der Waals surface area contributed by atoms with Crippen molar-refractivity contribution in [1.29, 1.82) is 0 Å². The highest BCUT2D eigenvalue weighted by Gasteiger charge is 2.12. The first-order valence-corrected chi connectivity index (χ1v) is 8.31. The molecular weight excluding hydrogens is 288 g/mol. The Kier molecular flexibility index (Phi) is 5.08. The van der Waals surface area contributed by atoms with Crippen LogP contribution in [0.15, 0.2) is 96.6 Å². The fraction of sp³-hybridized carbons (Fsp3) is 0.0833. The molecule has 0 heterocycles. The second-order valence-electron chi connectivity index (χ2n) is 6.08. The molecule has 0 saturated heterocycles. The summed E-state index contributed by atoms with van der Waals surface area (Å²) in [5.74, 6) is 0. The maximum absolute atomic E-state index is 2.28. The van der Waals surface area contributed by atoms with Gasteiger partial charge >= 0.3 is 0 Å². The van der Waals surface area contributed by atoms with E-state index in [1.807, 2.05) is 0 Å². The van der Waals surface area contributed by atoms with Crippen LogP contribution in [0.5, 0.6) is 0 Å². The van der Waals surface area contributed by atoms with Gasteiger partial charge in [-0.1, -0.05) is 96.6 Å². The summed E-state index contributed by atoms with van der Waals surface area (Å²) in [6.07, 6.45) is 2.28. The molecule has 3 rings (SSSR count). The molecule has 0 fully saturated rings. The number of rotatable bonds is 4. The molecule has 0 N–H and O–H groups in total. The van der Waals surface area contributed by atoms with E-state index in [0.717, 1.165) is 0 Å². The van der Waals surface area contributed by atoms with Gasteiger partial charge in [0.2, 0.25) is 0 Å². The Labute approximate surface area is 144 Å². The van der Waals surface area contributed by atoms with Gasteiger partial charge < -0.3 is 0 Å². The molecule has 0 unspecified atom stereocenters. The summed E-state index contributed by atoms with van der Waals surface area (Å²) in [7, 11) is 0. The molecule has 0 aliphatic rings. The van der Waals surface area contributed by atoms with Crippen LogP contribution < -0.4 is 0 Å². The second-order valence-corrected chi connectivity index (χ2v) is 6.08. The largest absolute Gasteiger partial charge is 0.0680 e. The molecule has 0 bridgehead atoms. The van der Waals surface area contributed by atoms with Gasteiger partial charge in [-0.3, -0.25) is 0 Å². The first kappa shape index (κ1) is 16.0. The van der Waals surface area contributed by atoms with Crippen molar-refractivity contribution in [2.24, 2.45) is 0 Å². The lowest BCUT2D eigenvalue weighted by Crippen LogP contribution is -1.93. The van der Waals surface area contributed by atoms with Crippen LogP contribution >= 0.6 is 0 Å². The minimum atomic E-state index is 1.21. The monoisotopic (exact) mass is 310 g/mol. The molecular formula is C24H22. The van der Waals surface area contributed by atoms with Crippen molar-refractivity contribution >= 4 is 17.2 Å². The minimum Gasteiger partial charge on any atom is -0.0680 e. The van der Waals surface area contributed by atoms with E-state index in [9.17, 15) is 0 Å². The Hall–Kier alpha value is -2.86. The molecule has 0 aliphatic heterocycles. The second kappa shape index (κ2) is 7.61. The van der Waals surface area contributed by atoms with Crippen molar-refractivity contribution in [2.75, 3.05) is 0 Å². The smallest absolute Gasteiger partial charge is 0.0100 e. The number of allylic oxidation sites excluding steroid dienone is 3. The Morgan fingerprint density at radius 2 is 1.04 bits per heavy atom. The van der Waals surface area contributed by atoms with E-state index in [1.165, 1.54) is 33.4 Å². The molecule has 0 radical (unpaired) electrons. The number of hydrogen-bond donors (Lipinski definition) is 0. The lowest BCUT2D eigenvalue weighted by atomic mass is 9.88. The van der Waals surface area contributed by atoms with Gasteiger partial charge in [-0.05, 0) is 47.8 Å². The van der Waals surface area contributed by atoms with Gasteiger partial charge in [0.15, 0.2) is 0 Å². The lowest BCUT2D eigenvalue weighted by Gasteiger charge is -2.16. The molecule has 0 aromatic heterocycles. The van der Waals surface area contributed by atoms with E-state index in [1.54, 1.807) is 0 Å².